The van der Waals surface area contributed by atoms with E-state index in [9.17, 15) is 59.1 Å². The summed E-state index contributed by atoms with van der Waals surface area (Å²) < 4.78 is 11.5. The molecule has 0 saturated carbocycles. The quantitative estimate of drug-likeness (QED) is 0.0185. The highest BCUT2D eigenvalue weighted by atomic mass is 35.5. The SMILES string of the molecule is CCN(CCN(CC(=O)O)CC(Cc1ccc(NC(=S)NCCOCCOc2cccc(CNC(=O)c3cc(Cl)c(C(=O)NCNC(=O)c4cc(O)cc(O)c4)c(Cl)c3)c2)cc1)N(CCNC(=O)O)CC(=O)O)CC(=O)O. The maximum absolute atomic E-state index is 13.0. The summed E-state index contributed by atoms with van der Waals surface area (Å²) in [7, 11) is 0. The second kappa shape index (κ2) is 32.2. The molecule has 27 heteroatoms. The average Bonchev–Trinajstić information content (AvgIpc) is 3.35. The zero-order valence-electron chi connectivity index (χ0n) is 41.8. The standard InChI is InChI=1S/C50H61Cl2N9O15S/c1-2-59(27-42(64)65)13-14-60(28-43(66)67)26-36(61(29-44(68)69)12-10-54-50(73)74)18-31-6-8-35(9-7-31)58-49(77)53-11-15-75-16-17-76-39-5-3-4-32(19-39)25-55-46(70)34-22-40(51)45(41(52)23-34)48(72)57-30-56-47(71)33-20-37(62)24-38(63)21-33/h3-9,19-24,36,54,62-63H,2,10-18,25-30H2,1H3,(H,55,70)(H,56,71)(H,57,72)(H,64,65)(H,66,67)(H,68,69)(H,73,74)(H2,53,58,77). The number of phenols is 2. The molecular formula is C50H61Cl2N9O15S. The number of hydrogen-bond acceptors (Lipinski definition) is 15. The number of likely N-dealkylation sites (N-methyl/N-ethyl adjacent to an activating group) is 1. The van der Waals surface area contributed by atoms with Crippen LogP contribution in [0.25, 0.3) is 0 Å². The van der Waals surface area contributed by atoms with Crippen LogP contribution in [0.2, 0.25) is 10.0 Å². The lowest BCUT2D eigenvalue weighted by molar-refractivity contribution is -0.141. The largest absolute Gasteiger partial charge is 0.508 e. The molecule has 4 aromatic rings. The van der Waals surface area contributed by atoms with Crippen molar-refractivity contribution in [3.63, 3.8) is 0 Å². The second-order valence-corrected chi connectivity index (χ2v) is 18.2. The van der Waals surface area contributed by atoms with E-state index in [0.29, 0.717) is 35.2 Å². The van der Waals surface area contributed by atoms with E-state index in [4.69, 9.17) is 50.0 Å². The lowest BCUT2D eigenvalue weighted by Gasteiger charge is -2.35. The molecule has 0 saturated heterocycles. The van der Waals surface area contributed by atoms with Crippen molar-refractivity contribution in [1.82, 2.24) is 41.3 Å². The molecule has 4 rings (SSSR count). The number of aliphatic carboxylic acids is 3. The number of nitrogens with one attached hydrogen (secondary N) is 6. The number of benzene rings is 4. The maximum atomic E-state index is 13.0. The van der Waals surface area contributed by atoms with E-state index in [-0.39, 0.29) is 117 Å². The molecule has 416 valence electrons. The third kappa shape index (κ3) is 23.1. The van der Waals surface area contributed by atoms with Crippen molar-refractivity contribution in [2.24, 2.45) is 0 Å². The third-order valence-corrected chi connectivity index (χ3v) is 12.0. The molecule has 0 aliphatic carbocycles. The monoisotopic (exact) mass is 1130 g/mol. The van der Waals surface area contributed by atoms with E-state index in [1.54, 1.807) is 70.2 Å². The van der Waals surface area contributed by atoms with Gasteiger partial charge in [0.15, 0.2) is 5.11 Å². The summed E-state index contributed by atoms with van der Waals surface area (Å²) in [6.07, 6.45) is -1.02. The summed E-state index contributed by atoms with van der Waals surface area (Å²) in [5.41, 5.74) is 2.05. The molecule has 12 N–H and O–H groups in total. The van der Waals surface area contributed by atoms with Gasteiger partial charge in [-0.3, -0.25) is 43.5 Å². The van der Waals surface area contributed by atoms with Gasteiger partial charge in [0.05, 0.1) is 55.1 Å². The minimum Gasteiger partial charge on any atom is -0.508 e. The van der Waals surface area contributed by atoms with Gasteiger partial charge in [0.25, 0.3) is 17.7 Å². The summed E-state index contributed by atoms with van der Waals surface area (Å²) in [6.45, 7) is 2.43. The number of halogens is 2. The normalized spacial score (nSPS) is 11.4. The fourth-order valence-corrected chi connectivity index (χ4v) is 8.41. The predicted molar refractivity (Wildman–Crippen MR) is 287 cm³/mol. The Balaban J connectivity index is 1.20. The van der Waals surface area contributed by atoms with Gasteiger partial charge in [0, 0.05) is 74.7 Å². The van der Waals surface area contributed by atoms with Crippen LogP contribution in [0.4, 0.5) is 10.5 Å². The van der Waals surface area contributed by atoms with Gasteiger partial charge in [-0.15, -0.1) is 0 Å². The van der Waals surface area contributed by atoms with Crippen LogP contribution in [-0.2, 0) is 32.1 Å². The van der Waals surface area contributed by atoms with Crippen molar-refractivity contribution in [2.45, 2.75) is 25.9 Å². The van der Waals surface area contributed by atoms with Gasteiger partial charge in [0.2, 0.25) is 0 Å². The molecule has 0 fully saturated rings. The maximum Gasteiger partial charge on any atom is 0.404 e. The molecule has 0 radical (unpaired) electrons. The van der Waals surface area contributed by atoms with Crippen LogP contribution in [0.3, 0.4) is 0 Å². The van der Waals surface area contributed by atoms with Crippen LogP contribution in [0.1, 0.15) is 49.1 Å². The van der Waals surface area contributed by atoms with Gasteiger partial charge in [-0.2, -0.15) is 0 Å². The highest BCUT2D eigenvalue weighted by Crippen LogP contribution is 2.27. The van der Waals surface area contributed by atoms with E-state index in [0.717, 1.165) is 23.8 Å². The molecule has 0 heterocycles. The number of aromatic hydroxyl groups is 2. The number of amides is 4. The Labute approximate surface area is 458 Å². The van der Waals surface area contributed by atoms with Crippen molar-refractivity contribution >= 4 is 87.9 Å². The minimum atomic E-state index is -1.28. The van der Waals surface area contributed by atoms with Crippen LogP contribution < -0.4 is 36.6 Å². The molecule has 0 aliphatic rings. The first kappa shape index (κ1) is 62.0. The van der Waals surface area contributed by atoms with Crippen molar-refractivity contribution < 1.29 is 73.7 Å². The van der Waals surface area contributed by atoms with E-state index >= 15 is 0 Å². The number of rotatable bonds is 33. The molecular weight excluding hydrogens is 1070 g/mol. The van der Waals surface area contributed by atoms with E-state index in [1.807, 2.05) is 0 Å². The minimum absolute atomic E-state index is 0.0194. The first-order valence-corrected chi connectivity index (χ1v) is 25.0. The molecule has 24 nitrogen and oxygen atoms in total. The lowest BCUT2D eigenvalue weighted by atomic mass is 10.0. The molecule has 1 unspecified atom stereocenters. The smallest absolute Gasteiger partial charge is 0.404 e. The van der Waals surface area contributed by atoms with Crippen LogP contribution in [0, 0.1) is 0 Å². The Bertz CT molecular complexity index is 2650. The van der Waals surface area contributed by atoms with Crippen molar-refractivity contribution in [3.8, 4) is 17.2 Å². The highest BCUT2D eigenvalue weighted by molar-refractivity contribution is 7.80. The molecule has 4 amide bonds. The van der Waals surface area contributed by atoms with E-state index < -0.39 is 60.9 Å². The number of carbonyl (C=O) groups excluding carboxylic acids is 3. The summed E-state index contributed by atoms with van der Waals surface area (Å²) in [4.78, 5) is 89.4. The molecule has 0 aliphatic heterocycles. The molecule has 77 heavy (non-hydrogen) atoms. The number of hydrogen-bond donors (Lipinski definition) is 12. The summed E-state index contributed by atoms with van der Waals surface area (Å²) in [5, 5.41) is 73.2. The van der Waals surface area contributed by atoms with Crippen molar-refractivity contribution in [1.29, 1.82) is 0 Å². The number of thiocarbonyl (C=S) groups is 1. The number of carboxylic acid groups (broad SMARTS) is 4. The first-order valence-electron chi connectivity index (χ1n) is 23.8. The summed E-state index contributed by atoms with van der Waals surface area (Å²) in [6, 6.07) is 19.5. The second-order valence-electron chi connectivity index (χ2n) is 17.0. The van der Waals surface area contributed by atoms with Crippen molar-refractivity contribution in [2.75, 3.05) is 97.3 Å². The van der Waals surface area contributed by atoms with Gasteiger partial charge in [-0.25, -0.2) is 4.79 Å². The zero-order chi connectivity index (χ0) is 56.4. The fourth-order valence-electron chi connectivity index (χ4n) is 7.53. The molecule has 0 aromatic heterocycles. The number of anilines is 1. The van der Waals surface area contributed by atoms with Crippen LogP contribution in [0.15, 0.2) is 78.9 Å². The van der Waals surface area contributed by atoms with Gasteiger partial charge in [0.1, 0.15) is 23.9 Å². The van der Waals surface area contributed by atoms with Gasteiger partial charge < -0.3 is 72.0 Å². The number of carboxylic acids is 3. The van der Waals surface area contributed by atoms with E-state index in [2.05, 4.69) is 31.9 Å². The fraction of sp³-hybridized carbons (Fsp3) is 0.360. The Hall–Kier alpha value is -7.52. The zero-order valence-corrected chi connectivity index (χ0v) is 44.1. The van der Waals surface area contributed by atoms with E-state index in [1.165, 1.54) is 12.1 Å². The molecule has 1 atom stereocenters. The van der Waals surface area contributed by atoms with Crippen LogP contribution >= 0.6 is 35.4 Å². The summed E-state index contributed by atoms with van der Waals surface area (Å²) >= 11 is 18.2. The molecule has 0 bridgehead atoms. The van der Waals surface area contributed by atoms with Gasteiger partial charge in [-0.05, 0) is 84.8 Å². The Kier molecular flexibility index (Phi) is 25.9. The Morgan fingerprint density at radius 3 is 1.88 bits per heavy atom. The predicted octanol–water partition coefficient (Wildman–Crippen LogP) is 3.19. The Morgan fingerprint density at radius 1 is 0.636 bits per heavy atom. The third-order valence-electron chi connectivity index (χ3n) is 11.2. The molecule has 4 aromatic carbocycles. The average molecular weight is 1130 g/mol. The van der Waals surface area contributed by atoms with Gasteiger partial charge >= 0.3 is 24.0 Å². The number of phenolic OH excluding ortho intramolecular Hbond substituents is 2. The lowest BCUT2D eigenvalue weighted by Crippen LogP contribution is -2.51. The molecule has 0 spiro atoms. The van der Waals surface area contributed by atoms with Gasteiger partial charge in [-0.1, -0.05) is 54.4 Å². The number of ether oxygens (including phenoxy) is 2. The highest BCUT2D eigenvalue weighted by Gasteiger charge is 2.26. The Morgan fingerprint density at radius 2 is 1.25 bits per heavy atom. The van der Waals surface area contributed by atoms with Crippen LogP contribution in [-0.4, -0.2) is 190 Å². The topological polar surface area (TPSA) is 341 Å². The van der Waals surface area contributed by atoms with Crippen molar-refractivity contribution in [3.05, 3.63) is 117 Å². The first-order chi connectivity index (χ1) is 36.7. The number of nitrogens with zero attached hydrogens (tertiary/aromatic N) is 3. The summed E-state index contributed by atoms with van der Waals surface area (Å²) in [5.74, 6) is -5.36. The number of carbonyl (C=O) groups is 7. The van der Waals surface area contributed by atoms with Crippen LogP contribution in [0.5, 0.6) is 17.2 Å².